The zero-order chi connectivity index (χ0) is 24.3. The van der Waals surface area contributed by atoms with Gasteiger partial charge < -0.3 is 10.2 Å². The van der Waals surface area contributed by atoms with Gasteiger partial charge >= 0.3 is 6.03 Å². The number of nitrogens with zero attached hydrogens (tertiary/aromatic N) is 2. The lowest BCUT2D eigenvalue weighted by Crippen LogP contribution is -2.56. The third-order valence-corrected chi connectivity index (χ3v) is 7.96. The van der Waals surface area contributed by atoms with Gasteiger partial charge in [0.05, 0.1) is 5.56 Å². The maximum absolute atomic E-state index is 13.6. The van der Waals surface area contributed by atoms with E-state index in [1.54, 1.807) is 40.5 Å². The number of hydrogen-bond donors (Lipinski definition) is 1. The molecule has 34 heavy (non-hydrogen) atoms. The fourth-order valence-corrected chi connectivity index (χ4v) is 5.99. The second kappa shape index (κ2) is 10.1. The Hall–Kier alpha value is -3.00. The monoisotopic (exact) mass is 481 g/mol. The molecule has 1 aromatic heterocycles. The van der Waals surface area contributed by atoms with Crippen molar-refractivity contribution in [1.82, 2.24) is 15.1 Å². The van der Waals surface area contributed by atoms with E-state index >= 15 is 0 Å². The number of benzene rings is 1. The molecule has 0 aliphatic carbocycles. The summed E-state index contributed by atoms with van der Waals surface area (Å²) in [5, 5.41) is 5.05. The Balaban J connectivity index is 1.46. The molecule has 4 rings (SSSR count). The molecule has 2 aromatic rings. The minimum Gasteiger partial charge on any atom is -0.339 e. The highest BCUT2D eigenvalue weighted by molar-refractivity contribution is 7.09. The first-order valence-electron chi connectivity index (χ1n) is 11.9. The SMILES string of the molecule is CCC[C@]1(C2CCN(C(=O)c3ccccc3C(C)=O)CC2)NC(=O)N(CCc2cccs2)C1=O. The predicted molar refractivity (Wildman–Crippen MR) is 131 cm³/mol. The maximum Gasteiger partial charge on any atom is 0.325 e. The van der Waals surface area contributed by atoms with Gasteiger partial charge in [0, 0.05) is 30.1 Å². The van der Waals surface area contributed by atoms with E-state index in [-0.39, 0.29) is 29.5 Å². The van der Waals surface area contributed by atoms with E-state index in [1.807, 2.05) is 24.4 Å². The molecule has 0 saturated carbocycles. The Morgan fingerprint density at radius 1 is 1.09 bits per heavy atom. The minimum atomic E-state index is -0.909. The zero-order valence-electron chi connectivity index (χ0n) is 19.7. The van der Waals surface area contributed by atoms with E-state index in [9.17, 15) is 19.2 Å². The Morgan fingerprint density at radius 2 is 1.79 bits per heavy atom. The number of ketones is 1. The molecule has 2 aliphatic heterocycles. The van der Waals surface area contributed by atoms with Gasteiger partial charge in [0.25, 0.3) is 11.8 Å². The van der Waals surface area contributed by atoms with E-state index in [0.29, 0.717) is 56.4 Å². The summed E-state index contributed by atoms with van der Waals surface area (Å²) in [7, 11) is 0. The first-order chi connectivity index (χ1) is 16.4. The van der Waals surface area contributed by atoms with Crippen molar-refractivity contribution < 1.29 is 19.2 Å². The molecule has 8 heteroatoms. The van der Waals surface area contributed by atoms with Gasteiger partial charge in [-0.15, -0.1) is 11.3 Å². The fraction of sp³-hybridized carbons (Fsp3) is 0.462. The normalized spacial score (nSPS) is 21.1. The molecule has 1 atom stereocenters. The van der Waals surface area contributed by atoms with Crippen LogP contribution in [0.25, 0.3) is 0 Å². The number of likely N-dealkylation sites (tertiary alicyclic amines) is 1. The first kappa shape index (κ1) is 24.1. The van der Waals surface area contributed by atoms with Gasteiger partial charge in [-0.1, -0.05) is 37.6 Å². The van der Waals surface area contributed by atoms with Crippen molar-refractivity contribution in [1.29, 1.82) is 0 Å². The summed E-state index contributed by atoms with van der Waals surface area (Å²) in [6, 6.07) is 10.6. The lowest BCUT2D eigenvalue weighted by atomic mass is 9.74. The standard InChI is InChI=1S/C26H31N3O4S/c1-3-13-26(24(32)29(25(33)27-26)16-12-20-7-6-17-34-20)19-10-14-28(15-11-19)23(31)22-9-5-4-8-21(22)18(2)30/h4-9,17,19H,3,10-16H2,1-2H3,(H,27,33)/t26-/m1/s1. The van der Waals surface area contributed by atoms with E-state index in [0.717, 1.165) is 11.3 Å². The molecule has 0 radical (unpaired) electrons. The molecule has 0 bridgehead atoms. The predicted octanol–water partition coefficient (Wildman–Crippen LogP) is 4.14. The topological polar surface area (TPSA) is 86.8 Å². The Bertz CT molecular complexity index is 1080. The molecule has 4 amide bonds. The molecular formula is C26H31N3O4S. The summed E-state index contributed by atoms with van der Waals surface area (Å²) < 4.78 is 0. The number of carbonyl (C=O) groups excluding carboxylic acids is 4. The van der Waals surface area contributed by atoms with Crippen LogP contribution >= 0.6 is 11.3 Å². The smallest absolute Gasteiger partial charge is 0.325 e. The molecule has 1 aromatic carbocycles. The number of rotatable bonds is 8. The third-order valence-electron chi connectivity index (χ3n) is 7.02. The Labute approximate surface area is 204 Å². The highest BCUT2D eigenvalue weighted by atomic mass is 32.1. The van der Waals surface area contributed by atoms with Crippen LogP contribution in [0, 0.1) is 5.92 Å². The van der Waals surface area contributed by atoms with Gasteiger partial charge in [-0.25, -0.2) is 4.79 Å². The van der Waals surface area contributed by atoms with Crippen molar-refractivity contribution in [2.75, 3.05) is 19.6 Å². The van der Waals surface area contributed by atoms with Gasteiger partial charge in [0.1, 0.15) is 5.54 Å². The van der Waals surface area contributed by atoms with Crippen molar-refractivity contribution in [2.24, 2.45) is 5.92 Å². The Kier molecular flexibility index (Phi) is 7.16. The van der Waals surface area contributed by atoms with Crippen molar-refractivity contribution in [2.45, 2.75) is 51.5 Å². The zero-order valence-corrected chi connectivity index (χ0v) is 20.5. The van der Waals surface area contributed by atoms with Crippen molar-refractivity contribution in [3.8, 4) is 0 Å². The minimum absolute atomic E-state index is 0.0391. The van der Waals surface area contributed by atoms with Crippen LogP contribution in [-0.2, 0) is 11.2 Å². The molecule has 2 fully saturated rings. The van der Waals surface area contributed by atoms with Crippen LogP contribution in [0.5, 0.6) is 0 Å². The van der Waals surface area contributed by atoms with Crippen molar-refractivity contribution in [3.05, 3.63) is 57.8 Å². The lowest BCUT2D eigenvalue weighted by Gasteiger charge is -2.41. The average molecular weight is 482 g/mol. The number of nitrogens with one attached hydrogen (secondary N) is 1. The third kappa shape index (κ3) is 4.51. The van der Waals surface area contributed by atoms with Crippen molar-refractivity contribution >= 4 is 35.0 Å². The number of Topliss-reactive ketones (excluding diaryl/α,β-unsaturated/α-hetero) is 1. The van der Waals surface area contributed by atoms with Crippen LogP contribution < -0.4 is 5.32 Å². The molecule has 2 aliphatic rings. The number of piperidine rings is 1. The van der Waals surface area contributed by atoms with E-state index in [4.69, 9.17) is 0 Å². The second-order valence-corrected chi connectivity index (χ2v) is 10.1. The average Bonchev–Trinajstić information content (AvgIpc) is 3.44. The summed E-state index contributed by atoms with van der Waals surface area (Å²) in [5.74, 6) is -0.471. The van der Waals surface area contributed by atoms with E-state index in [2.05, 4.69) is 5.32 Å². The number of imide groups is 1. The number of amides is 4. The van der Waals surface area contributed by atoms with E-state index in [1.165, 1.54) is 11.8 Å². The van der Waals surface area contributed by atoms with Gasteiger partial charge in [0.15, 0.2) is 5.78 Å². The van der Waals surface area contributed by atoms with Gasteiger partial charge in [-0.3, -0.25) is 19.3 Å². The molecule has 1 N–H and O–H groups in total. The van der Waals surface area contributed by atoms with Gasteiger partial charge in [-0.05, 0) is 56.0 Å². The molecule has 2 saturated heterocycles. The number of carbonyl (C=O) groups is 4. The van der Waals surface area contributed by atoms with E-state index < -0.39 is 5.54 Å². The van der Waals surface area contributed by atoms with Crippen LogP contribution in [0.3, 0.4) is 0 Å². The molecular weight excluding hydrogens is 450 g/mol. The van der Waals surface area contributed by atoms with Gasteiger partial charge in [0.2, 0.25) is 0 Å². The fourth-order valence-electron chi connectivity index (χ4n) is 5.29. The molecule has 7 nitrogen and oxygen atoms in total. The lowest BCUT2D eigenvalue weighted by molar-refractivity contribution is -0.134. The summed E-state index contributed by atoms with van der Waals surface area (Å²) >= 11 is 1.62. The van der Waals surface area contributed by atoms with Crippen LogP contribution in [0.2, 0.25) is 0 Å². The van der Waals surface area contributed by atoms with Crippen LogP contribution in [0.1, 0.15) is 65.1 Å². The number of hydrogen-bond acceptors (Lipinski definition) is 5. The molecule has 180 valence electrons. The first-order valence-corrected chi connectivity index (χ1v) is 12.8. The van der Waals surface area contributed by atoms with Crippen LogP contribution in [0.15, 0.2) is 41.8 Å². The highest BCUT2D eigenvalue weighted by Gasteiger charge is 2.55. The maximum atomic E-state index is 13.6. The summed E-state index contributed by atoms with van der Waals surface area (Å²) in [5.41, 5.74) is -0.0633. The van der Waals surface area contributed by atoms with Crippen LogP contribution in [0.4, 0.5) is 4.79 Å². The number of thiophene rings is 1. The molecule has 0 spiro atoms. The molecule has 3 heterocycles. The Morgan fingerprint density at radius 3 is 2.41 bits per heavy atom. The number of urea groups is 1. The largest absolute Gasteiger partial charge is 0.339 e. The second-order valence-electron chi connectivity index (χ2n) is 9.11. The molecule has 0 unspecified atom stereocenters. The van der Waals surface area contributed by atoms with Crippen molar-refractivity contribution in [3.63, 3.8) is 0 Å². The summed E-state index contributed by atoms with van der Waals surface area (Å²) in [6.45, 7) is 4.83. The summed E-state index contributed by atoms with van der Waals surface area (Å²) in [4.78, 5) is 55.8. The van der Waals surface area contributed by atoms with Gasteiger partial charge in [-0.2, -0.15) is 0 Å². The highest BCUT2D eigenvalue weighted by Crippen LogP contribution is 2.37. The van der Waals surface area contributed by atoms with Crippen LogP contribution in [-0.4, -0.2) is 58.6 Å². The summed E-state index contributed by atoms with van der Waals surface area (Å²) in [6.07, 6.45) is 3.26. The quantitative estimate of drug-likeness (QED) is 0.454.